The molecule has 2 saturated heterocycles. The van der Waals surface area contributed by atoms with E-state index < -0.39 is 0 Å². The highest BCUT2D eigenvalue weighted by atomic mass is 16.5. The monoisotopic (exact) mass is 338 g/mol. The Morgan fingerprint density at radius 1 is 1.12 bits per heavy atom. The predicted molar refractivity (Wildman–Crippen MR) is 101 cm³/mol. The molecule has 3 heteroatoms. The molecule has 2 bridgehead atoms. The number of hydrogen-bond donors (Lipinski definition) is 0. The molecule has 0 radical (unpaired) electrons. The lowest BCUT2D eigenvalue weighted by Gasteiger charge is -2.42. The fourth-order valence-electron chi connectivity index (χ4n) is 4.81. The summed E-state index contributed by atoms with van der Waals surface area (Å²) in [5, 5.41) is 4.42. The van der Waals surface area contributed by atoms with Crippen LogP contribution < -0.4 is 0 Å². The SMILES string of the molecule is Cc1ccc([C@H]2C[C@H]3CCC([C@H]2c2cc(C(C)(C)C)no2)N3C)cc1. The van der Waals surface area contributed by atoms with Gasteiger partial charge in [-0.05, 0) is 44.7 Å². The summed E-state index contributed by atoms with van der Waals surface area (Å²) in [4.78, 5) is 2.59. The minimum absolute atomic E-state index is 0.0277. The lowest BCUT2D eigenvalue weighted by molar-refractivity contribution is 0.122. The number of hydrogen-bond acceptors (Lipinski definition) is 3. The Kier molecular flexibility index (Phi) is 4.03. The van der Waals surface area contributed by atoms with E-state index in [1.54, 1.807) is 0 Å². The van der Waals surface area contributed by atoms with E-state index in [0.29, 0.717) is 23.9 Å². The van der Waals surface area contributed by atoms with Gasteiger partial charge in [0, 0.05) is 29.5 Å². The lowest BCUT2D eigenvalue weighted by Crippen LogP contribution is -2.44. The van der Waals surface area contributed by atoms with Gasteiger partial charge in [0.1, 0.15) is 5.76 Å². The van der Waals surface area contributed by atoms with Crippen LogP contribution in [0.15, 0.2) is 34.9 Å². The maximum Gasteiger partial charge on any atom is 0.142 e. The average molecular weight is 338 g/mol. The van der Waals surface area contributed by atoms with Crippen molar-refractivity contribution in [3.05, 3.63) is 52.9 Å². The molecule has 2 aromatic rings. The second kappa shape index (κ2) is 5.98. The normalized spacial score (nSPS) is 30.0. The van der Waals surface area contributed by atoms with Crippen LogP contribution >= 0.6 is 0 Å². The molecule has 2 fully saturated rings. The molecule has 0 saturated carbocycles. The summed E-state index contributed by atoms with van der Waals surface area (Å²) >= 11 is 0. The predicted octanol–water partition coefficient (Wildman–Crippen LogP) is 5.01. The fraction of sp³-hybridized carbons (Fsp3) is 0.591. The quantitative estimate of drug-likeness (QED) is 0.770. The van der Waals surface area contributed by atoms with Gasteiger partial charge in [0.15, 0.2) is 0 Å². The molecule has 0 amide bonds. The van der Waals surface area contributed by atoms with Crippen molar-refractivity contribution >= 4 is 0 Å². The maximum atomic E-state index is 5.93. The van der Waals surface area contributed by atoms with Crippen molar-refractivity contribution in [2.75, 3.05) is 7.05 Å². The van der Waals surface area contributed by atoms with Crippen LogP contribution in [0.4, 0.5) is 0 Å². The van der Waals surface area contributed by atoms with Gasteiger partial charge >= 0.3 is 0 Å². The first kappa shape index (κ1) is 16.8. The third-order valence-corrected chi connectivity index (χ3v) is 6.40. The van der Waals surface area contributed by atoms with E-state index in [1.807, 2.05) is 0 Å². The van der Waals surface area contributed by atoms with Gasteiger partial charge in [0.05, 0.1) is 5.69 Å². The number of piperidine rings is 1. The summed E-state index contributed by atoms with van der Waals surface area (Å²) in [7, 11) is 2.29. The van der Waals surface area contributed by atoms with Gasteiger partial charge in [-0.25, -0.2) is 0 Å². The van der Waals surface area contributed by atoms with Gasteiger partial charge in [-0.1, -0.05) is 55.8 Å². The Morgan fingerprint density at radius 3 is 2.48 bits per heavy atom. The highest BCUT2D eigenvalue weighted by Crippen LogP contribution is 2.51. The van der Waals surface area contributed by atoms with Crippen molar-refractivity contribution < 1.29 is 4.52 Å². The van der Waals surface area contributed by atoms with Gasteiger partial charge in [0.2, 0.25) is 0 Å². The van der Waals surface area contributed by atoms with Crippen LogP contribution in [-0.4, -0.2) is 29.2 Å². The van der Waals surface area contributed by atoms with Crippen LogP contribution in [0.3, 0.4) is 0 Å². The second-order valence-corrected chi connectivity index (χ2v) is 9.11. The molecule has 3 nitrogen and oxygen atoms in total. The van der Waals surface area contributed by atoms with Gasteiger partial charge < -0.3 is 4.52 Å². The molecule has 4 rings (SSSR count). The van der Waals surface area contributed by atoms with Crippen LogP contribution in [0.5, 0.6) is 0 Å². The van der Waals surface area contributed by atoms with Crippen LogP contribution in [-0.2, 0) is 5.41 Å². The smallest absolute Gasteiger partial charge is 0.142 e. The molecule has 0 N–H and O–H groups in total. The van der Waals surface area contributed by atoms with Crippen molar-refractivity contribution in [3.8, 4) is 0 Å². The van der Waals surface area contributed by atoms with Crippen LogP contribution in [0, 0.1) is 6.92 Å². The van der Waals surface area contributed by atoms with Gasteiger partial charge in [-0.15, -0.1) is 0 Å². The van der Waals surface area contributed by atoms with E-state index in [4.69, 9.17) is 4.52 Å². The van der Waals surface area contributed by atoms with Crippen LogP contribution in [0.2, 0.25) is 0 Å². The van der Waals surface area contributed by atoms with Crippen molar-refractivity contribution in [2.45, 2.75) is 76.3 Å². The summed E-state index contributed by atoms with van der Waals surface area (Å²) < 4.78 is 5.93. The Balaban J connectivity index is 1.74. The van der Waals surface area contributed by atoms with E-state index in [0.717, 1.165) is 11.5 Å². The second-order valence-electron chi connectivity index (χ2n) is 9.11. The Labute approximate surface area is 151 Å². The Bertz CT molecular complexity index is 740. The highest BCUT2D eigenvalue weighted by Gasteiger charge is 2.48. The molecule has 2 aliphatic heterocycles. The van der Waals surface area contributed by atoms with Crippen molar-refractivity contribution in [1.82, 2.24) is 10.1 Å². The topological polar surface area (TPSA) is 29.3 Å². The molecule has 0 aliphatic carbocycles. The fourth-order valence-corrected chi connectivity index (χ4v) is 4.81. The largest absolute Gasteiger partial charge is 0.361 e. The number of fused-ring (bicyclic) bond motifs is 2. The molecule has 25 heavy (non-hydrogen) atoms. The minimum atomic E-state index is 0.0277. The summed E-state index contributed by atoms with van der Waals surface area (Å²) in [5.74, 6) is 2.00. The minimum Gasteiger partial charge on any atom is -0.361 e. The number of aryl methyl sites for hydroxylation is 1. The third-order valence-electron chi connectivity index (χ3n) is 6.40. The number of nitrogens with zero attached hydrogens (tertiary/aromatic N) is 2. The molecule has 1 aromatic heterocycles. The van der Waals surface area contributed by atoms with E-state index in [2.05, 4.69) is 75.1 Å². The molecule has 4 atom stereocenters. The zero-order chi connectivity index (χ0) is 17.8. The third kappa shape index (κ3) is 2.93. The Morgan fingerprint density at radius 2 is 1.84 bits per heavy atom. The number of rotatable bonds is 2. The molecule has 134 valence electrons. The summed E-state index contributed by atoms with van der Waals surface area (Å²) in [6, 6.07) is 12.6. The summed E-state index contributed by atoms with van der Waals surface area (Å²) in [6.45, 7) is 8.76. The number of likely N-dealkylation sites (N-methyl/N-ethyl adjacent to an activating group) is 1. The molecular formula is C22H30N2O. The molecule has 3 heterocycles. The molecular weight excluding hydrogens is 308 g/mol. The van der Waals surface area contributed by atoms with E-state index in [-0.39, 0.29) is 5.41 Å². The maximum absolute atomic E-state index is 5.93. The standard InChI is InChI=1S/C22H30N2O/c1-14-6-8-15(9-7-14)17-12-16-10-11-18(24(16)5)21(17)19-13-20(23-25-19)22(2,3)4/h6-9,13,16-18,21H,10-12H2,1-5H3/t16-,17-,18?,21+/m1/s1. The first-order chi connectivity index (χ1) is 11.8. The molecule has 1 aromatic carbocycles. The lowest BCUT2D eigenvalue weighted by atomic mass is 9.74. The molecule has 0 spiro atoms. The van der Waals surface area contributed by atoms with Crippen molar-refractivity contribution in [1.29, 1.82) is 0 Å². The van der Waals surface area contributed by atoms with Gasteiger partial charge in [-0.2, -0.15) is 0 Å². The van der Waals surface area contributed by atoms with Crippen LogP contribution in [0.25, 0.3) is 0 Å². The van der Waals surface area contributed by atoms with E-state index >= 15 is 0 Å². The van der Waals surface area contributed by atoms with Gasteiger partial charge in [0.25, 0.3) is 0 Å². The van der Waals surface area contributed by atoms with Crippen molar-refractivity contribution in [3.63, 3.8) is 0 Å². The summed E-state index contributed by atoms with van der Waals surface area (Å²) in [6.07, 6.45) is 3.78. The van der Waals surface area contributed by atoms with Crippen LogP contribution in [0.1, 0.15) is 74.5 Å². The molecule has 2 aliphatic rings. The van der Waals surface area contributed by atoms with Gasteiger partial charge in [-0.3, -0.25) is 4.90 Å². The number of aromatic nitrogens is 1. The van der Waals surface area contributed by atoms with E-state index in [1.165, 1.54) is 30.4 Å². The average Bonchev–Trinajstić information content (AvgIpc) is 3.12. The van der Waals surface area contributed by atoms with E-state index in [9.17, 15) is 0 Å². The zero-order valence-electron chi connectivity index (χ0n) is 16.1. The molecule has 1 unspecified atom stereocenters. The Hall–Kier alpha value is -1.61. The first-order valence-corrected chi connectivity index (χ1v) is 9.60. The first-order valence-electron chi connectivity index (χ1n) is 9.60. The number of benzene rings is 1. The van der Waals surface area contributed by atoms with Crippen molar-refractivity contribution in [2.24, 2.45) is 0 Å². The zero-order valence-corrected chi connectivity index (χ0v) is 16.1. The summed E-state index contributed by atoms with van der Waals surface area (Å²) in [5.41, 5.74) is 3.87. The highest BCUT2D eigenvalue weighted by molar-refractivity contribution is 5.32.